The number of ketones is 6. The highest BCUT2D eigenvalue weighted by atomic mass is 16.5. The van der Waals surface area contributed by atoms with Gasteiger partial charge in [-0.25, -0.2) is 0 Å². The van der Waals surface area contributed by atoms with Gasteiger partial charge in [-0.2, -0.15) is 0 Å². The van der Waals surface area contributed by atoms with Crippen LogP contribution in [0.2, 0.25) is 0 Å². The van der Waals surface area contributed by atoms with Gasteiger partial charge in [-0.1, -0.05) is 31.9 Å². The first-order valence-corrected chi connectivity index (χ1v) is 25.1. The fraction of sp³-hybridized carbons (Fsp3) is 0.700. The van der Waals surface area contributed by atoms with Crippen LogP contribution in [0.15, 0.2) is 24.3 Å². The highest BCUT2D eigenvalue weighted by Crippen LogP contribution is 2.15. The monoisotopic (exact) mass is 985 g/mol. The average Bonchev–Trinajstić information content (AvgIpc) is 3.27. The molecule has 1 aromatic rings. The van der Waals surface area contributed by atoms with Crippen molar-refractivity contribution in [1.29, 1.82) is 0 Å². The number of carbonyl (C=O) groups excluding carboxylic acids is 9. The smallest absolute Gasteiger partial charge is 0.537 e. The van der Waals surface area contributed by atoms with Crippen molar-refractivity contribution in [2.75, 3.05) is 92.1 Å². The summed E-state index contributed by atoms with van der Waals surface area (Å²) in [6.45, 7) is 10.0. The molecule has 1 aromatic carbocycles. The molecular weight excluding hydrogens is 901 g/mol. The van der Waals surface area contributed by atoms with Crippen LogP contribution in [0.5, 0.6) is 5.75 Å². The molecule has 0 aliphatic rings. The van der Waals surface area contributed by atoms with Gasteiger partial charge in [-0.3, -0.25) is 48.1 Å². The summed E-state index contributed by atoms with van der Waals surface area (Å²) < 4.78 is 4.99. The largest absolute Gasteiger partial charge is 0.569 e. The SMILES string of the molecule is CCCCN(CCCC(=O)CC(=O)CCCN(CCCC(=O)CC(C)=O)CC(O)CN(CCNC(=O)CC(C)=O)CCNC(=O)CC(=O)NCCCCCNC)CCC(=O)Cc1cccc(O[B]O)c1. The Morgan fingerprint density at radius 2 is 1.09 bits per heavy atom. The van der Waals surface area contributed by atoms with Crippen molar-refractivity contribution in [3.63, 3.8) is 0 Å². The number of hydrogen-bond acceptors (Lipinski definition) is 16. The summed E-state index contributed by atoms with van der Waals surface area (Å²) in [4.78, 5) is 117. The maximum absolute atomic E-state index is 13.0. The molecule has 1 radical (unpaired) electrons. The lowest BCUT2D eigenvalue weighted by molar-refractivity contribution is -0.130. The zero-order chi connectivity index (χ0) is 51.9. The molecule has 1 rings (SSSR count). The molecule has 70 heavy (non-hydrogen) atoms. The number of nitrogens with one attached hydrogen (secondary N) is 4. The molecule has 20 heteroatoms. The van der Waals surface area contributed by atoms with Crippen molar-refractivity contribution in [3.05, 3.63) is 29.8 Å². The molecule has 393 valence electrons. The normalized spacial score (nSPS) is 11.6. The molecule has 0 fully saturated rings. The minimum atomic E-state index is -0.939. The Morgan fingerprint density at radius 3 is 1.64 bits per heavy atom. The van der Waals surface area contributed by atoms with E-state index < -0.39 is 17.9 Å². The molecule has 0 saturated heterocycles. The van der Waals surface area contributed by atoms with Crippen LogP contribution in [-0.2, 0) is 49.6 Å². The van der Waals surface area contributed by atoms with Crippen LogP contribution in [-0.4, -0.2) is 183 Å². The van der Waals surface area contributed by atoms with Crippen LogP contribution < -0.4 is 25.9 Å². The first kappa shape index (κ1) is 63.3. The van der Waals surface area contributed by atoms with E-state index in [-0.39, 0.29) is 131 Å². The lowest BCUT2D eigenvalue weighted by Gasteiger charge is -2.29. The van der Waals surface area contributed by atoms with E-state index >= 15 is 0 Å². The second kappa shape index (κ2) is 39.9. The lowest BCUT2D eigenvalue weighted by atomic mass is 10.0. The van der Waals surface area contributed by atoms with E-state index in [0.29, 0.717) is 71.8 Å². The van der Waals surface area contributed by atoms with Crippen LogP contribution in [0, 0.1) is 0 Å². The van der Waals surface area contributed by atoms with E-state index in [1.165, 1.54) is 13.8 Å². The number of Topliss-reactive ketones (excluding diaryl/α,β-unsaturated/α-hetero) is 6. The summed E-state index contributed by atoms with van der Waals surface area (Å²) in [5.41, 5.74) is 0.784. The molecule has 0 spiro atoms. The maximum Gasteiger partial charge on any atom is 0.569 e. The number of aliphatic hydroxyl groups is 1. The molecule has 19 nitrogen and oxygen atoms in total. The van der Waals surface area contributed by atoms with Gasteiger partial charge in [-0.15, -0.1) is 0 Å². The number of benzene rings is 1. The first-order valence-electron chi connectivity index (χ1n) is 25.1. The topological polar surface area (TPSA) is 261 Å². The molecule has 0 aliphatic carbocycles. The molecule has 0 aliphatic heterocycles. The Hall–Kier alpha value is -4.73. The number of aliphatic hydroxyl groups excluding tert-OH is 1. The molecule has 1 unspecified atom stereocenters. The Morgan fingerprint density at radius 1 is 0.571 bits per heavy atom. The number of nitrogens with zero attached hydrogens (tertiary/aromatic N) is 3. The van der Waals surface area contributed by atoms with Gasteiger partial charge in [0, 0.05) is 84.5 Å². The van der Waals surface area contributed by atoms with Crippen molar-refractivity contribution in [3.8, 4) is 5.75 Å². The third kappa shape index (κ3) is 35.4. The highest BCUT2D eigenvalue weighted by molar-refractivity contribution is 6.17. The van der Waals surface area contributed by atoms with Gasteiger partial charge in [0.05, 0.1) is 25.4 Å². The first-order chi connectivity index (χ1) is 33.5. The van der Waals surface area contributed by atoms with Gasteiger partial charge in [-0.05, 0) is 110 Å². The number of amides is 3. The molecule has 0 heterocycles. The number of hydrogen-bond donors (Lipinski definition) is 6. The van der Waals surface area contributed by atoms with E-state index in [1.807, 2.05) is 22.9 Å². The molecule has 6 N–H and O–H groups in total. The molecule has 0 bridgehead atoms. The summed E-state index contributed by atoms with van der Waals surface area (Å²) in [5.74, 6) is -1.80. The second-order valence-corrected chi connectivity index (χ2v) is 18.0. The average molecular weight is 985 g/mol. The van der Waals surface area contributed by atoms with Gasteiger partial charge < -0.3 is 45.9 Å². The molecular formula is C50H83BN7O12. The number of carbonyl (C=O) groups is 9. The van der Waals surface area contributed by atoms with E-state index in [4.69, 9.17) is 9.68 Å². The van der Waals surface area contributed by atoms with Crippen molar-refractivity contribution >= 4 is 60.1 Å². The van der Waals surface area contributed by atoms with Gasteiger partial charge in [0.2, 0.25) is 17.7 Å². The van der Waals surface area contributed by atoms with Crippen LogP contribution in [0.4, 0.5) is 0 Å². The fourth-order valence-corrected chi connectivity index (χ4v) is 7.71. The summed E-state index contributed by atoms with van der Waals surface area (Å²) in [5, 5.41) is 31.5. The fourth-order valence-electron chi connectivity index (χ4n) is 7.71. The maximum atomic E-state index is 13.0. The van der Waals surface area contributed by atoms with Crippen molar-refractivity contribution in [2.24, 2.45) is 0 Å². The van der Waals surface area contributed by atoms with E-state index in [2.05, 4.69) is 33.1 Å². The van der Waals surface area contributed by atoms with Crippen LogP contribution >= 0.6 is 0 Å². The van der Waals surface area contributed by atoms with Gasteiger partial charge in [0.25, 0.3) is 0 Å². The van der Waals surface area contributed by atoms with Gasteiger partial charge in [0.15, 0.2) is 0 Å². The zero-order valence-corrected chi connectivity index (χ0v) is 42.5. The third-order valence-corrected chi connectivity index (χ3v) is 11.2. The highest BCUT2D eigenvalue weighted by Gasteiger charge is 2.19. The van der Waals surface area contributed by atoms with Crippen LogP contribution in [0.25, 0.3) is 0 Å². The quantitative estimate of drug-likeness (QED) is 0.0309. The predicted octanol–water partition coefficient (Wildman–Crippen LogP) is 1.69. The summed E-state index contributed by atoms with van der Waals surface area (Å²) in [6.07, 6.45) is 5.29. The lowest BCUT2D eigenvalue weighted by Crippen LogP contribution is -2.46. The summed E-state index contributed by atoms with van der Waals surface area (Å²) >= 11 is 0. The van der Waals surface area contributed by atoms with E-state index in [9.17, 15) is 48.3 Å². The third-order valence-electron chi connectivity index (χ3n) is 11.2. The van der Waals surface area contributed by atoms with Gasteiger partial charge in [0.1, 0.15) is 46.9 Å². The molecule has 1 atom stereocenters. The summed E-state index contributed by atoms with van der Waals surface area (Å²) in [7, 11) is 2.47. The molecule has 0 saturated carbocycles. The Kier molecular flexibility index (Phi) is 36.1. The number of unbranched alkanes of at least 4 members (excludes halogenated alkanes) is 3. The van der Waals surface area contributed by atoms with Gasteiger partial charge >= 0.3 is 7.69 Å². The van der Waals surface area contributed by atoms with Crippen LogP contribution in [0.3, 0.4) is 0 Å². The Bertz CT molecular complexity index is 1750. The summed E-state index contributed by atoms with van der Waals surface area (Å²) in [6, 6.07) is 6.97. The van der Waals surface area contributed by atoms with E-state index in [1.54, 1.807) is 18.2 Å². The minimum Gasteiger partial charge on any atom is -0.537 e. The Labute approximate surface area is 416 Å². The van der Waals surface area contributed by atoms with Crippen molar-refractivity contribution in [1.82, 2.24) is 36.0 Å². The van der Waals surface area contributed by atoms with Crippen molar-refractivity contribution in [2.45, 2.75) is 136 Å². The van der Waals surface area contributed by atoms with Crippen molar-refractivity contribution < 1.29 is 57.9 Å². The predicted molar refractivity (Wildman–Crippen MR) is 268 cm³/mol. The number of rotatable bonds is 46. The minimum absolute atomic E-state index is 0.0636. The Balaban J connectivity index is 2.78. The zero-order valence-electron chi connectivity index (χ0n) is 42.5. The molecule has 3 amide bonds. The van der Waals surface area contributed by atoms with E-state index in [0.717, 1.165) is 50.8 Å². The second-order valence-electron chi connectivity index (χ2n) is 18.0. The standard InChI is InChI=1S/C50H83BN7O12/c1-5-6-24-56(28-19-45(64)33-41-14-10-18-47(34-41)70-51-69)25-11-16-43(62)35-44(63)17-13-27-57(26-12-15-42(61)31-39(2)59)37-46(65)38-58(29-22-54-48(66)32-40(3)60)30-23-55-50(68)36-49(67)53-21-9-7-8-20-52-4/h10,14,18,34,46,52,65,69H,5-9,11-13,15-17,19-33,35-38H2,1-4H3,(H,53,67)(H,54,66)(H,55,68). The van der Waals surface area contributed by atoms with Crippen LogP contribution in [0.1, 0.15) is 129 Å². The molecule has 0 aromatic heterocycles.